The molecule has 1 heterocycles. The van der Waals surface area contributed by atoms with E-state index in [0.29, 0.717) is 11.8 Å². The number of benzene rings is 1. The number of hydrogen-bond acceptors (Lipinski definition) is 4. The van der Waals surface area contributed by atoms with E-state index in [-0.39, 0.29) is 5.88 Å². The van der Waals surface area contributed by atoms with Crippen LogP contribution in [0.15, 0.2) is 28.7 Å². The van der Waals surface area contributed by atoms with Crippen LogP contribution in [0.4, 0.5) is 0 Å². The maximum Gasteiger partial charge on any atom is 0.247 e. The van der Waals surface area contributed by atoms with Gasteiger partial charge in [0.25, 0.3) is 0 Å². The maximum atomic E-state index is 5.56. The number of hydrogen-bond donors (Lipinski definition) is 0. The first-order valence-corrected chi connectivity index (χ1v) is 4.89. The summed E-state index contributed by atoms with van der Waals surface area (Å²) >= 11 is 5.56. The molecule has 1 aromatic carbocycles. The number of methoxy groups -OCH3 is 1. The van der Waals surface area contributed by atoms with Crippen molar-refractivity contribution in [2.75, 3.05) is 7.11 Å². The fraction of sp³-hybridized carbons (Fsp3) is 0.200. The minimum absolute atomic E-state index is 0.225. The van der Waals surface area contributed by atoms with Crippen molar-refractivity contribution in [3.05, 3.63) is 30.2 Å². The zero-order valence-electron chi connectivity index (χ0n) is 8.11. The lowest BCUT2D eigenvalue weighted by molar-refractivity contribution is 0.415. The van der Waals surface area contributed by atoms with Gasteiger partial charge in [-0.05, 0) is 24.3 Å². The molecule has 0 unspecified atom stereocenters. The molecule has 0 N–H and O–H groups in total. The molecule has 0 aliphatic heterocycles. The van der Waals surface area contributed by atoms with E-state index in [9.17, 15) is 0 Å². The van der Waals surface area contributed by atoms with E-state index in [1.54, 1.807) is 7.11 Å². The van der Waals surface area contributed by atoms with E-state index >= 15 is 0 Å². The first-order chi connectivity index (χ1) is 7.33. The molecular weight excluding hydrogens is 216 g/mol. The summed E-state index contributed by atoms with van der Waals surface area (Å²) in [7, 11) is 1.62. The van der Waals surface area contributed by atoms with Crippen LogP contribution in [0.1, 0.15) is 5.89 Å². The van der Waals surface area contributed by atoms with Crippen molar-refractivity contribution in [1.82, 2.24) is 10.2 Å². The van der Waals surface area contributed by atoms with Gasteiger partial charge in [0.2, 0.25) is 11.8 Å². The fourth-order valence-electron chi connectivity index (χ4n) is 1.16. The average Bonchev–Trinajstić information content (AvgIpc) is 2.78. The highest BCUT2D eigenvalue weighted by molar-refractivity contribution is 6.16. The molecular formula is C10H9ClN2O2. The van der Waals surface area contributed by atoms with Crippen molar-refractivity contribution in [3.63, 3.8) is 0 Å². The van der Waals surface area contributed by atoms with Gasteiger partial charge >= 0.3 is 0 Å². The van der Waals surface area contributed by atoms with E-state index in [2.05, 4.69) is 10.2 Å². The summed E-state index contributed by atoms with van der Waals surface area (Å²) in [5.41, 5.74) is 0.847. The summed E-state index contributed by atoms with van der Waals surface area (Å²) in [6.07, 6.45) is 0. The molecule has 1 aromatic heterocycles. The predicted octanol–water partition coefficient (Wildman–Crippen LogP) is 2.48. The molecule has 4 nitrogen and oxygen atoms in total. The van der Waals surface area contributed by atoms with Gasteiger partial charge in [0.15, 0.2) is 0 Å². The Hall–Kier alpha value is -1.55. The second-order valence-corrected chi connectivity index (χ2v) is 3.13. The van der Waals surface area contributed by atoms with Gasteiger partial charge in [0.1, 0.15) is 11.6 Å². The van der Waals surface area contributed by atoms with Crippen LogP contribution < -0.4 is 4.74 Å². The number of halogens is 1. The molecule has 0 fully saturated rings. The minimum atomic E-state index is 0.225. The number of ether oxygens (including phenoxy) is 1. The molecule has 0 amide bonds. The number of aromatic nitrogens is 2. The Morgan fingerprint density at radius 2 is 2.00 bits per heavy atom. The highest BCUT2D eigenvalue weighted by Gasteiger charge is 2.07. The Bertz CT molecular complexity index is 439. The lowest BCUT2D eigenvalue weighted by Crippen LogP contribution is -1.82. The summed E-state index contributed by atoms with van der Waals surface area (Å²) in [5.74, 6) is 1.90. The summed E-state index contributed by atoms with van der Waals surface area (Å²) < 4.78 is 10.3. The molecule has 5 heteroatoms. The Balaban J connectivity index is 2.28. The average molecular weight is 225 g/mol. The fourth-order valence-corrected chi connectivity index (χ4v) is 1.27. The normalized spacial score (nSPS) is 10.3. The molecule has 0 spiro atoms. The quantitative estimate of drug-likeness (QED) is 0.752. The lowest BCUT2D eigenvalue weighted by Gasteiger charge is -1.98. The van der Waals surface area contributed by atoms with Crippen LogP contribution in [0.2, 0.25) is 0 Å². The second kappa shape index (κ2) is 4.31. The minimum Gasteiger partial charge on any atom is -0.497 e. The second-order valence-electron chi connectivity index (χ2n) is 2.86. The number of nitrogens with zero attached hydrogens (tertiary/aromatic N) is 2. The van der Waals surface area contributed by atoms with Crippen LogP contribution in [-0.2, 0) is 5.88 Å². The van der Waals surface area contributed by atoms with Crippen molar-refractivity contribution in [2.45, 2.75) is 5.88 Å². The summed E-state index contributed by atoms with van der Waals surface area (Å²) in [4.78, 5) is 0. The van der Waals surface area contributed by atoms with Crippen molar-refractivity contribution in [1.29, 1.82) is 0 Å². The molecule has 2 aromatic rings. The topological polar surface area (TPSA) is 48.2 Å². The first-order valence-electron chi connectivity index (χ1n) is 4.36. The van der Waals surface area contributed by atoms with Crippen LogP contribution in [0.3, 0.4) is 0 Å². The third-order valence-electron chi connectivity index (χ3n) is 1.92. The summed E-state index contributed by atoms with van der Waals surface area (Å²) in [6, 6.07) is 7.37. The van der Waals surface area contributed by atoms with Crippen molar-refractivity contribution in [2.24, 2.45) is 0 Å². The Kier molecular flexibility index (Phi) is 2.87. The van der Waals surface area contributed by atoms with Gasteiger partial charge in [-0.3, -0.25) is 0 Å². The standard InChI is InChI=1S/C10H9ClN2O2/c1-14-8-4-2-7(3-5-8)10-13-12-9(6-11)15-10/h2-5H,6H2,1H3. The largest absolute Gasteiger partial charge is 0.497 e. The third kappa shape index (κ3) is 2.10. The molecule has 78 valence electrons. The highest BCUT2D eigenvalue weighted by atomic mass is 35.5. The van der Waals surface area contributed by atoms with Crippen LogP contribution >= 0.6 is 11.6 Å². The molecule has 0 aliphatic carbocycles. The predicted molar refractivity (Wildman–Crippen MR) is 55.8 cm³/mol. The molecule has 15 heavy (non-hydrogen) atoms. The van der Waals surface area contributed by atoms with Gasteiger partial charge in [-0.25, -0.2) is 0 Å². The van der Waals surface area contributed by atoms with Crippen LogP contribution in [-0.4, -0.2) is 17.3 Å². The van der Waals surface area contributed by atoms with E-state index in [1.165, 1.54) is 0 Å². The zero-order chi connectivity index (χ0) is 10.7. The zero-order valence-corrected chi connectivity index (χ0v) is 8.86. The van der Waals surface area contributed by atoms with Gasteiger partial charge in [-0.15, -0.1) is 21.8 Å². The SMILES string of the molecule is COc1ccc(-c2nnc(CCl)o2)cc1. The molecule has 0 bridgehead atoms. The third-order valence-corrected chi connectivity index (χ3v) is 2.15. The summed E-state index contributed by atoms with van der Waals surface area (Å²) in [5, 5.41) is 7.64. The van der Waals surface area contributed by atoms with E-state index in [4.69, 9.17) is 20.8 Å². The number of alkyl halides is 1. The van der Waals surface area contributed by atoms with Gasteiger partial charge in [0.05, 0.1) is 7.11 Å². The van der Waals surface area contributed by atoms with E-state index < -0.39 is 0 Å². The first kappa shape index (κ1) is 9.98. The molecule has 0 atom stereocenters. The van der Waals surface area contributed by atoms with Crippen LogP contribution in [0, 0.1) is 0 Å². The van der Waals surface area contributed by atoms with Crippen molar-refractivity contribution < 1.29 is 9.15 Å². The molecule has 0 radical (unpaired) electrons. The van der Waals surface area contributed by atoms with E-state index in [0.717, 1.165) is 11.3 Å². The molecule has 0 aliphatic rings. The van der Waals surface area contributed by atoms with Crippen molar-refractivity contribution >= 4 is 11.6 Å². The van der Waals surface area contributed by atoms with Gasteiger partial charge in [-0.2, -0.15) is 0 Å². The Morgan fingerprint density at radius 1 is 1.27 bits per heavy atom. The van der Waals surface area contributed by atoms with Crippen LogP contribution in [0.25, 0.3) is 11.5 Å². The van der Waals surface area contributed by atoms with E-state index in [1.807, 2.05) is 24.3 Å². The molecule has 2 rings (SSSR count). The van der Waals surface area contributed by atoms with Gasteiger partial charge in [0, 0.05) is 5.56 Å². The Labute approximate surface area is 91.8 Å². The molecule has 0 saturated heterocycles. The highest BCUT2D eigenvalue weighted by Crippen LogP contribution is 2.21. The smallest absolute Gasteiger partial charge is 0.247 e. The maximum absolute atomic E-state index is 5.56. The van der Waals surface area contributed by atoms with Crippen molar-refractivity contribution in [3.8, 4) is 17.2 Å². The lowest BCUT2D eigenvalue weighted by atomic mass is 10.2. The van der Waals surface area contributed by atoms with Gasteiger partial charge in [-0.1, -0.05) is 0 Å². The Morgan fingerprint density at radius 3 is 2.53 bits per heavy atom. The number of rotatable bonds is 3. The molecule has 0 saturated carbocycles. The van der Waals surface area contributed by atoms with Gasteiger partial charge < -0.3 is 9.15 Å². The summed E-state index contributed by atoms with van der Waals surface area (Å²) in [6.45, 7) is 0. The monoisotopic (exact) mass is 224 g/mol. The van der Waals surface area contributed by atoms with Crippen LogP contribution in [0.5, 0.6) is 5.75 Å².